The first-order valence-electron chi connectivity index (χ1n) is 6.63. The molecule has 2 aromatic carbocycles. The number of benzene rings is 2. The minimum Gasteiger partial charge on any atom is -0.497 e. The fourth-order valence-electron chi connectivity index (χ4n) is 2.05. The first kappa shape index (κ1) is 15.0. The van der Waals surface area contributed by atoms with Crippen LogP contribution < -0.4 is 9.47 Å². The lowest BCUT2D eigenvalue weighted by Crippen LogP contribution is -2.01. The van der Waals surface area contributed by atoms with E-state index in [-0.39, 0.29) is 11.6 Å². The highest BCUT2D eigenvalue weighted by Crippen LogP contribution is 2.23. The first-order valence-corrected chi connectivity index (χ1v) is 6.63. The summed E-state index contributed by atoms with van der Waals surface area (Å²) < 4.78 is 23.2. The Bertz CT molecular complexity index is 598. The van der Waals surface area contributed by atoms with Crippen molar-refractivity contribution in [1.29, 1.82) is 0 Å². The fourth-order valence-corrected chi connectivity index (χ4v) is 2.05. The van der Waals surface area contributed by atoms with E-state index in [9.17, 15) is 9.18 Å². The summed E-state index contributed by atoms with van der Waals surface area (Å²) in [7, 11) is 3.17. The number of ketones is 1. The zero-order valence-electron chi connectivity index (χ0n) is 12.1. The minimum atomic E-state index is -0.343. The maximum Gasteiger partial charge on any atom is 0.163 e. The number of hydrogen-bond acceptors (Lipinski definition) is 3. The molecule has 3 nitrogen and oxygen atoms in total. The molecule has 0 fully saturated rings. The number of Topliss-reactive ketones (excluding diaryl/α,β-unsaturated/α-hetero) is 1. The Morgan fingerprint density at radius 2 is 1.57 bits per heavy atom. The van der Waals surface area contributed by atoms with Gasteiger partial charge in [-0.05, 0) is 48.4 Å². The van der Waals surface area contributed by atoms with E-state index in [0.717, 1.165) is 5.56 Å². The minimum absolute atomic E-state index is 0.0169. The van der Waals surface area contributed by atoms with Crippen LogP contribution in [0.15, 0.2) is 42.5 Å². The van der Waals surface area contributed by atoms with E-state index in [4.69, 9.17) is 9.47 Å². The summed E-state index contributed by atoms with van der Waals surface area (Å²) in [5.74, 6) is 1.03. The van der Waals surface area contributed by atoms with E-state index in [1.54, 1.807) is 20.3 Å². The van der Waals surface area contributed by atoms with E-state index < -0.39 is 0 Å². The number of halogens is 1. The van der Waals surface area contributed by atoms with Crippen molar-refractivity contribution in [3.63, 3.8) is 0 Å². The third-order valence-corrected chi connectivity index (χ3v) is 3.22. The number of hydrogen-bond donors (Lipinski definition) is 0. The molecular weight excluding hydrogens is 271 g/mol. The van der Waals surface area contributed by atoms with Crippen LogP contribution in [0, 0.1) is 5.82 Å². The largest absolute Gasteiger partial charge is 0.497 e. The molecular formula is C17H17FO3. The van der Waals surface area contributed by atoms with Crippen LogP contribution in [0.25, 0.3) is 0 Å². The summed E-state index contributed by atoms with van der Waals surface area (Å²) in [5, 5.41) is 0. The van der Waals surface area contributed by atoms with Gasteiger partial charge in [0.05, 0.1) is 14.2 Å². The summed E-state index contributed by atoms with van der Waals surface area (Å²) in [6, 6.07) is 11.1. The molecule has 2 aromatic rings. The van der Waals surface area contributed by atoms with Crippen molar-refractivity contribution in [2.75, 3.05) is 14.2 Å². The van der Waals surface area contributed by atoms with Gasteiger partial charge in [0.25, 0.3) is 0 Å². The molecule has 2 rings (SSSR count). The molecule has 0 bridgehead atoms. The number of ether oxygens (including phenoxy) is 2. The molecule has 0 amide bonds. The number of carbonyl (C=O) groups excluding carboxylic acids is 1. The van der Waals surface area contributed by atoms with Crippen molar-refractivity contribution < 1.29 is 18.7 Å². The normalized spacial score (nSPS) is 10.2. The zero-order chi connectivity index (χ0) is 15.2. The second kappa shape index (κ2) is 6.88. The first-order chi connectivity index (χ1) is 10.1. The van der Waals surface area contributed by atoms with Crippen LogP contribution in [-0.2, 0) is 6.42 Å². The highest BCUT2D eigenvalue weighted by Gasteiger charge is 2.08. The van der Waals surface area contributed by atoms with Gasteiger partial charge in [0.2, 0.25) is 0 Å². The van der Waals surface area contributed by atoms with Gasteiger partial charge in [-0.25, -0.2) is 4.39 Å². The van der Waals surface area contributed by atoms with Crippen molar-refractivity contribution >= 4 is 5.78 Å². The topological polar surface area (TPSA) is 35.5 Å². The zero-order valence-corrected chi connectivity index (χ0v) is 12.1. The summed E-state index contributed by atoms with van der Waals surface area (Å²) in [6.07, 6.45) is 0.922. The Labute approximate surface area is 123 Å². The second-order valence-corrected chi connectivity index (χ2v) is 4.65. The van der Waals surface area contributed by atoms with E-state index in [0.29, 0.717) is 29.9 Å². The summed E-state index contributed by atoms with van der Waals surface area (Å²) in [6.45, 7) is 0. The van der Waals surface area contributed by atoms with E-state index in [2.05, 4.69) is 0 Å². The molecule has 0 radical (unpaired) electrons. The fraction of sp³-hybridized carbons (Fsp3) is 0.235. The van der Waals surface area contributed by atoms with Crippen LogP contribution in [0.1, 0.15) is 22.3 Å². The van der Waals surface area contributed by atoms with Crippen LogP contribution in [-0.4, -0.2) is 20.0 Å². The van der Waals surface area contributed by atoms with Crippen molar-refractivity contribution in [2.45, 2.75) is 12.8 Å². The van der Waals surface area contributed by atoms with Gasteiger partial charge >= 0.3 is 0 Å². The van der Waals surface area contributed by atoms with Gasteiger partial charge in [-0.3, -0.25) is 4.79 Å². The molecule has 21 heavy (non-hydrogen) atoms. The lowest BCUT2D eigenvalue weighted by Gasteiger charge is -2.08. The van der Waals surface area contributed by atoms with Gasteiger partial charge in [0, 0.05) is 18.1 Å². The Balaban J connectivity index is 2.05. The lowest BCUT2D eigenvalue weighted by atomic mass is 10.0. The number of aryl methyl sites for hydroxylation is 1. The monoisotopic (exact) mass is 288 g/mol. The SMILES string of the molecule is COc1cc(CCC(=O)c2ccc(F)cc2)cc(OC)c1. The van der Waals surface area contributed by atoms with Gasteiger partial charge in [-0.2, -0.15) is 0 Å². The summed E-state index contributed by atoms with van der Waals surface area (Å²) in [4.78, 5) is 12.1. The number of carbonyl (C=O) groups is 1. The molecule has 0 spiro atoms. The third-order valence-electron chi connectivity index (χ3n) is 3.22. The standard InChI is InChI=1S/C17H17FO3/c1-20-15-9-12(10-16(11-15)21-2)3-8-17(19)13-4-6-14(18)7-5-13/h4-7,9-11H,3,8H2,1-2H3. The van der Waals surface area contributed by atoms with Crippen molar-refractivity contribution in [2.24, 2.45) is 0 Å². The molecule has 0 atom stereocenters. The van der Waals surface area contributed by atoms with Gasteiger partial charge in [0.15, 0.2) is 5.78 Å². The van der Waals surface area contributed by atoms with Crippen LogP contribution in [0.5, 0.6) is 11.5 Å². The Morgan fingerprint density at radius 3 is 2.10 bits per heavy atom. The van der Waals surface area contributed by atoms with Gasteiger partial charge in [-0.1, -0.05) is 0 Å². The van der Waals surface area contributed by atoms with Gasteiger partial charge in [0.1, 0.15) is 17.3 Å². The average molecular weight is 288 g/mol. The average Bonchev–Trinajstić information content (AvgIpc) is 2.52. The number of methoxy groups -OCH3 is 2. The molecule has 0 aliphatic rings. The van der Waals surface area contributed by atoms with Crippen LogP contribution >= 0.6 is 0 Å². The summed E-state index contributed by atoms with van der Waals surface area (Å²) in [5.41, 5.74) is 1.48. The summed E-state index contributed by atoms with van der Waals surface area (Å²) >= 11 is 0. The highest BCUT2D eigenvalue weighted by molar-refractivity contribution is 5.96. The van der Waals surface area contributed by atoms with Crippen LogP contribution in [0.4, 0.5) is 4.39 Å². The van der Waals surface area contributed by atoms with Gasteiger partial charge < -0.3 is 9.47 Å². The van der Waals surface area contributed by atoms with Gasteiger partial charge in [-0.15, -0.1) is 0 Å². The predicted molar refractivity (Wildman–Crippen MR) is 78.6 cm³/mol. The van der Waals surface area contributed by atoms with E-state index in [1.807, 2.05) is 12.1 Å². The molecule has 0 aromatic heterocycles. The molecule has 4 heteroatoms. The Hall–Kier alpha value is -2.36. The lowest BCUT2D eigenvalue weighted by molar-refractivity contribution is 0.0982. The Morgan fingerprint density at radius 1 is 1.00 bits per heavy atom. The molecule has 0 N–H and O–H groups in total. The van der Waals surface area contributed by atoms with E-state index >= 15 is 0 Å². The molecule has 0 saturated heterocycles. The predicted octanol–water partition coefficient (Wildman–Crippen LogP) is 3.66. The third kappa shape index (κ3) is 4.05. The molecule has 0 aliphatic heterocycles. The highest BCUT2D eigenvalue weighted by atomic mass is 19.1. The molecule has 0 saturated carbocycles. The Kier molecular flexibility index (Phi) is 4.93. The smallest absolute Gasteiger partial charge is 0.163 e. The van der Waals surface area contributed by atoms with Crippen molar-refractivity contribution in [3.05, 3.63) is 59.4 Å². The van der Waals surface area contributed by atoms with Crippen LogP contribution in [0.2, 0.25) is 0 Å². The number of rotatable bonds is 6. The van der Waals surface area contributed by atoms with Crippen LogP contribution in [0.3, 0.4) is 0 Å². The molecule has 0 heterocycles. The molecule has 0 unspecified atom stereocenters. The second-order valence-electron chi connectivity index (χ2n) is 4.65. The maximum atomic E-state index is 12.8. The van der Waals surface area contributed by atoms with Crippen molar-refractivity contribution in [1.82, 2.24) is 0 Å². The molecule has 0 aliphatic carbocycles. The van der Waals surface area contributed by atoms with Crippen molar-refractivity contribution in [3.8, 4) is 11.5 Å². The maximum absolute atomic E-state index is 12.8. The van der Waals surface area contributed by atoms with E-state index in [1.165, 1.54) is 24.3 Å². The molecule has 110 valence electrons. The quantitative estimate of drug-likeness (QED) is 0.761.